The number of hydrogen-bond donors (Lipinski definition) is 1. The Morgan fingerprint density at radius 2 is 1.86 bits per heavy atom. The van der Waals surface area contributed by atoms with Crippen molar-refractivity contribution >= 4 is 10.0 Å². The van der Waals surface area contributed by atoms with E-state index >= 15 is 0 Å². The quantitative estimate of drug-likeness (QED) is 0.944. The predicted molar refractivity (Wildman–Crippen MR) is 78.0 cm³/mol. The third kappa shape index (κ3) is 3.59. The summed E-state index contributed by atoms with van der Waals surface area (Å²) >= 11 is 0. The summed E-state index contributed by atoms with van der Waals surface area (Å²) in [5.74, 6) is 0.220. The third-order valence-corrected chi connectivity index (χ3v) is 4.33. The van der Waals surface area contributed by atoms with Crippen molar-refractivity contribution in [3.8, 4) is 5.75 Å². The molecule has 0 aromatic heterocycles. The van der Waals surface area contributed by atoms with Crippen LogP contribution < -0.4 is 9.88 Å². The number of sulfonamides is 1. The Labute approximate surface area is 123 Å². The van der Waals surface area contributed by atoms with Crippen LogP contribution in [0.1, 0.15) is 16.7 Å². The SMILES string of the molecule is Cc1c(OCc2cccc(F)c2)ccc(S(N)(=O)=O)c1C. The van der Waals surface area contributed by atoms with Gasteiger partial charge in [-0.2, -0.15) is 0 Å². The number of halogens is 1. The maximum Gasteiger partial charge on any atom is 0.238 e. The molecular weight excluding hydrogens is 293 g/mol. The monoisotopic (exact) mass is 309 g/mol. The molecule has 112 valence electrons. The molecule has 0 aliphatic rings. The smallest absolute Gasteiger partial charge is 0.238 e. The number of primary sulfonamides is 1. The van der Waals surface area contributed by atoms with Crippen molar-refractivity contribution in [3.63, 3.8) is 0 Å². The van der Waals surface area contributed by atoms with Crippen molar-refractivity contribution in [3.05, 3.63) is 58.9 Å². The van der Waals surface area contributed by atoms with Gasteiger partial charge in [-0.25, -0.2) is 17.9 Å². The zero-order chi connectivity index (χ0) is 15.6. The molecule has 0 atom stereocenters. The summed E-state index contributed by atoms with van der Waals surface area (Å²) in [4.78, 5) is 0.0816. The van der Waals surface area contributed by atoms with Crippen LogP contribution in [0.3, 0.4) is 0 Å². The number of rotatable bonds is 4. The second-order valence-electron chi connectivity index (χ2n) is 4.78. The van der Waals surface area contributed by atoms with Gasteiger partial charge in [0.1, 0.15) is 18.2 Å². The largest absolute Gasteiger partial charge is 0.489 e. The number of benzene rings is 2. The van der Waals surface area contributed by atoms with Gasteiger partial charge in [0.05, 0.1) is 4.90 Å². The van der Waals surface area contributed by atoms with Gasteiger partial charge in [-0.05, 0) is 54.8 Å². The Morgan fingerprint density at radius 1 is 1.14 bits per heavy atom. The van der Waals surface area contributed by atoms with Gasteiger partial charge in [0.15, 0.2) is 0 Å². The molecule has 0 bridgehead atoms. The molecule has 0 radical (unpaired) electrons. The molecule has 0 amide bonds. The zero-order valence-electron chi connectivity index (χ0n) is 11.8. The van der Waals surface area contributed by atoms with Gasteiger partial charge >= 0.3 is 0 Å². The molecule has 0 fully saturated rings. The van der Waals surface area contributed by atoms with Crippen LogP contribution in [0.4, 0.5) is 4.39 Å². The van der Waals surface area contributed by atoms with Crippen molar-refractivity contribution in [1.82, 2.24) is 0 Å². The van der Waals surface area contributed by atoms with Gasteiger partial charge in [-0.1, -0.05) is 12.1 Å². The lowest BCUT2D eigenvalue weighted by Gasteiger charge is -2.13. The molecule has 2 aromatic carbocycles. The molecule has 2 N–H and O–H groups in total. The molecule has 21 heavy (non-hydrogen) atoms. The normalized spacial score (nSPS) is 11.4. The number of ether oxygens (including phenoxy) is 1. The molecule has 0 spiro atoms. The molecule has 6 heteroatoms. The first-order chi connectivity index (χ1) is 9.79. The summed E-state index contributed by atoms with van der Waals surface area (Å²) in [5, 5.41) is 5.15. The van der Waals surface area contributed by atoms with Crippen LogP contribution in [-0.2, 0) is 16.6 Å². The van der Waals surface area contributed by atoms with Crippen LogP contribution in [0.25, 0.3) is 0 Å². The summed E-state index contributed by atoms with van der Waals surface area (Å²) in [6, 6.07) is 9.08. The maximum atomic E-state index is 13.1. The zero-order valence-corrected chi connectivity index (χ0v) is 12.6. The lowest BCUT2D eigenvalue weighted by atomic mass is 10.1. The Balaban J connectivity index is 2.24. The van der Waals surface area contributed by atoms with E-state index in [1.54, 1.807) is 32.0 Å². The molecule has 0 saturated heterocycles. The minimum Gasteiger partial charge on any atom is -0.489 e. The van der Waals surface area contributed by atoms with Gasteiger partial charge in [-0.3, -0.25) is 0 Å². The second-order valence-corrected chi connectivity index (χ2v) is 6.31. The first kappa shape index (κ1) is 15.5. The van der Waals surface area contributed by atoms with Crippen LogP contribution in [0, 0.1) is 19.7 Å². The fraction of sp³-hybridized carbons (Fsp3) is 0.200. The van der Waals surface area contributed by atoms with Crippen molar-refractivity contribution in [2.45, 2.75) is 25.3 Å². The van der Waals surface area contributed by atoms with E-state index < -0.39 is 10.0 Å². The van der Waals surface area contributed by atoms with E-state index in [0.29, 0.717) is 22.4 Å². The molecule has 2 rings (SSSR count). The molecule has 0 heterocycles. The molecule has 0 aliphatic carbocycles. The van der Waals surface area contributed by atoms with Crippen LogP contribution in [0.15, 0.2) is 41.3 Å². The molecule has 2 aromatic rings. The average Bonchev–Trinajstić information content (AvgIpc) is 2.39. The Bertz CT molecular complexity index is 772. The molecule has 4 nitrogen and oxygen atoms in total. The molecular formula is C15H16FNO3S. The van der Waals surface area contributed by atoms with Crippen LogP contribution in [-0.4, -0.2) is 8.42 Å². The fourth-order valence-corrected chi connectivity index (χ4v) is 2.86. The van der Waals surface area contributed by atoms with Crippen LogP contribution >= 0.6 is 0 Å². The van der Waals surface area contributed by atoms with E-state index in [4.69, 9.17) is 9.88 Å². The molecule has 0 aliphatic heterocycles. The third-order valence-electron chi connectivity index (χ3n) is 3.28. The minimum atomic E-state index is -3.75. The average molecular weight is 309 g/mol. The van der Waals surface area contributed by atoms with E-state index in [0.717, 1.165) is 0 Å². The van der Waals surface area contributed by atoms with E-state index in [1.807, 2.05) is 0 Å². The van der Waals surface area contributed by atoms with Crippen molar-refractivity contribution in [1.29, 1.82) is 0 Å². The maximum absolute atomic E-state index is 13.1. The van der Waals surface area contributed by atoms with Crippen molar-refractivity contribution in [2.24, 2.45) is 5.14 Å². The number of hydrogen-bond acceptors (Lipinski definition) is 3. The standard InChI is InChI=1S/C15H16FNO3S/c1-10-11(2)15(21(17,18)19)7-6-14(10)20-9-12-4-3-5-13(16)8-12/h3-8H,9H2,1-2H3,(H2,17,18,19). The number of nitrogens with two attached hydrogens (primary N) is 1. The van der Waals surface area contributed by atoms with E-state index in [2.05, 4.69) is 0 Å². The Kier molecular flexibility index (Phi) is 4.29. The van der Waals surface area contributed by atoms with E-state index in [1.165, 1.54) is 18.2 Å². The van der Waals surface area contributed by atoms with Gasteiger partial charge in [0.25, 0.3) is 0 Å². The highest BCUT2D eigenvalue weighted by molar-refractivity contribution is 7.89. The first-order valence-electron chi connectivity index (χ1n) is 6.29. The lowest BCUT2D eigenvalue weighted by Crippen LogP contribution is -2.14. The van der Waals surface area contributed by atoms with Gasteiger partial charge < -0.3 is 4.74 Å². The highest BCUT2D eigenvalue weighted by Crippen LogP contribution is 2.27. The molecule has 0 unspecified atom stereocenters. The lowest BCUT2D eigenvalue weighted by molar-refractivity contribution is 0.303. The van der Waals surface area contributed by atoms with Gasteiger partial charge in [-0.15, -0.1) is 0 Å². The molecule has 0 saturated carbocycles. The van der Waals surface area contributed by atoms with Gasteiger partial charge in [0, 0.05) is 0 Å². The summed E-state index contributed by atoms with van der Waals surface area (Å²) in [6.07, 6.45) is 0. The predicted octanol–water partition coefficient (Wildman–Crippen LogP) is 2.67. The highest BCUT2D eigenvalue weighted by Gasteiger charge is 2.15. The van der Waals surface area contributed by atoms with E-state index in [-0.39, 0.29) is 17.3 Å². The minimum absolute atomic E-state index is 0.0816. The topological polar surface area (TPSA) is 69.4 Å². The Morgan fingerprint density at radius 3 is 2.48 bits per heavy atom. The van der Waals surface area contributed by atoms with Crippen molar-refractivity contribution < 1.29 is 17.5 Å². The fourth-order valence-electron chi connectivity index (χ4n) is 2.02. The Hall–Kier alpha value is -1.92. The second kappa shape index (κ2) is 5.83. The summed E-state index contributed by atoms with van der Waals surface area (Å²) in [5.41, 5.74) is 1.94. The van der Waals surface area contributed by atoms with Crippen LogP contribution in [0.2, 0.25) is 0 Å². The highest BCUT2D eigenvalue weighted by atomic mass is 32.2. The van der Waals surface area contributed by atoms with Crippen LogP contribution in [0.5, 0.6) is 5.75 Å². The summed E-state index contributed by atoms with van der Waals surface area (Å²) in [7, 11) is -3.75. The van der Waals surface area contributed by atoms with Gasteiger partial charge in [0.2, 0.25) is 10.0 Å². The van der Waals surface area contributed by atoms with Crippen molar-refractivity contribution in [2.75, 3.05) is 0 Å². The van der Waals surface area contributed by atoms with E-state index in [9.17, 15) is 12.8 Å². The summed E-state index contributed by atoms with van der Waals surface area (Å²) < 4.78 is 41.6. The summed E-state index contributed by atoms with van der Waals surface area (Å²) in [6.45, 7) is 3.63. The first-order valence-corrected chi connectivity index (χ1v) is 7.84.